The molecule has 6 aliphatic rings. The Morgan fingerprint density at radius 1 is 0.941 bits per heavy atom. The number of aliphatic hydroxyl groups is 4. The number of Topliss-reactive ketones (excluding diaryl/α,β-unsaturated/α-hetero) is 1. The number of allylic oxidation sites excluding steroid dienone is 4. The Bertz CT molecular complexity index is 3340. The van der Waals surface area contributed by atoms with Gasteiger partial charge in [0, 0.05) is 79.7 Å². The minimum absolute atomic E-state index is 0.00816. The summed E-state index contributed by atoms with van der Waals surface area (Å²) in [5.41, 5.74) is 14.6. The van der Waals surface area contributed by atoms with Gasteiger partial charge in [0.1, 0.15) is 36.1 Å². The molecule has 0 radical (unpaired) electrons. The molecule has 4 heterocycles. The monoisotopic (exact) mass is 1160 g/mol. The molecule has 0 amide bonds. The van der Waals surface area contributed by atoms with Crippen LogP contribution in [0, 0.1) is 29.8 Å². The second kappa shape index (κ2) is 29.3. The Hall–Kier alpha value is -7.16. The van der Waals surface area contributed by atoms with Gasteiger partial charge in [0.15, 0.2) is 23.7 Å². The van der Waals surface area contributed by atoms with E-state index in [0.717, 1.165) is 70.1 Å². The topological polar surface area (TPSA) is 230 Å². The van der Waals surface area contributed by atoms with Crippen molar-refractivity contribution in [2.24, 2.45) is 28.5 Å². The molecule has 85 heavy (non-hydrogen) atoms. The zero-order valence-corrected chi connectivity index (χ0v) is 50.2. The number of unbranched alkanes of at least 4 members (excludes halogenated alkanes) is 1. The number of nitrogens with two attached hydrogens (primary N) is 1. The van der Waals surface area contributed by atoms with Crippen LogP contribution in [-0.2, 0) is 40.1 Å². The van der Waals surface area contributed by atoms with Gasteiger partial charge in [0.25, 0.3) is 0 Å². The molecule has 0 aromatic heterocycles. The number of aliphatic hydroxyl groups excluding tert-OH is 3. The number of fused-ring (bicyclic) bond motifs is 8. The zero-order valence-electron chi connectivity index (χ0n) is 50.2. The summed E-state index contributed by atoms with van der Waals surface area (Å²) in [6.07, 6.45) is 14.5. The first kappa shape index (κ1) is 62.4. The normalized spacial score (nSPS) is 22.2. The van der Waals surface area contributed by atoms with Crippen molar-refractivity contribution in [3.05, 3.63) is 158 Å². The Morgan fingerprint density at radius 2 is 1.75 bits per heavy atom. The number of nitrogens with zero attached hydrogens (tertiary/aromatic N) is 1. The van der Waals surface area contributed by atoms with E-state index in [0.29, 0.717) is 92.4 Å². The Kier molecular flexibility index (Phi) is 21.5. The molecule has 0 spiro atoms. The van der Waals surface area contributed by atoms with Crippen LogP contribution in [0.1, 0.15) is 153 Å². The summed E-state index contributed by atoms with van der Waals surface area (Å²) in [7, 11) is 3.22. The van der Waals surface area contributed by atoms with Crippen LogP contribution in [0.2, 0.25) is 0 Å². The molecule has 9 unspecified atom stereocenters. The lowest BCUT2D eigenvalue weighted by Gasteiger charge is -2.35. The van der Waals surface area contributed by atoms with Crippen molar-refractivity contribution in [2.45, 2.75) is 147 Å². The lowest BCUT2D eigenvalue weighted by Crippen LogP contribution is -2.46. The molecule has 2 aliphatic carbocycles. The van der Waals surface area contributed by atoms with Gasteiger partial charge < -0.3 is 60.8 Å². The minimum Gasteiger partial charge on any atom is -0.508 e. The highest BCUT2D eigenvalue weighted by Crippen LogP contribution is 2.51. The van der Waals surface area contributed by atoms with E-state index in [1.165, 1.54) is 5.56 Å². The summed E-state index contributed by atoms with van der Waals surface area (Å²) in [5, 5.41) is 70.9. The van der Waals surface area contributed by atoms with Crippen molar-refractivity contribution in [1.29, 1.82) is 0 Å². The van der Waals surface area contributed by atoms with Crippen molar-refractivity contribution >= 4 is 34.3 Å². The molecule has 0 saturated carbocycles. The molecule has 10 N–H and O–H groups in total. The quantitative estimate of drug-likeness (QED) is 0.0116. The average Bonchev–Trinajstić information content (AvgIpc) is 1.68. The number of aliphatic imine (C=N–C) groups is 1. The Balaban J connectivity index is 1.25. The second-order valence-corrected chi connectivity index (χ2v) is 23.5. The number of aryl methyl sites for hydroxylation is 2. The number of rotatable bonds is 20. The third-order valence-corrected chi connectivity index (χ3v) is 17.5. The third-order valence-electron chi connectivity index (χ3n) is 17.5. The summed E-state index contributed by atoms with van der Waals surface area (Å²) in [6.45, 7) is 9.75. The highest BCUT2D eigenvalue weighted by Gasteiger charge is 2.38. The van der Waals surface area contributed by atoms with Gasteiger partial charge in [-0.1, -0.05) is 86.9 Å². The number of phenolic OH excluding ortho intramolecular Hbond substituents is 1. The number of aromatic hydroxyl groups is 1. The molecular weight excluding hydrogens is 1070 g/mol. The van der Waals surface area contributed by atoms with Crippen LogP contribution >= 0.6 is 0 Å². The maximum atomic E-state index is 14.5. The van der Waals surface area contributed by atoms with Crippen LogP contribution in [0.15, 0.2) is 113 Å². The molecule has 5 aromatic carbocycles. The molecule has 9 atom stereocenters. The van der Waals surface area contributed by atoms with Gasteiger partial charge in [0.2, 0.25) is 0 Å². The van der Waals surface area contributed by atoms with Gasteiger partial charge in [-0.2, -0.15) is 0 Å². The number of benzene rings is 5. The van der Waals surface area contributed by atoms with Crippen LogP contribution in [0.3, 0.4) is 0 Å². The molecule has 4 aliphatic heterocycles. The predicted octanol–water partition coefficient (Wildman–Crippen LogP) is 11.0. The second-order valence-electron chi connectivity index (χ2n) is 23.5. The molecule has 0 saturated heterocycles. The largest absolute Gasteiger partial charge is 0.508 e. The molecule has 0 fully saturated rings. The van der Waals surface area contributed by atoms with Crippen LogP contribution < -0.4 is 31.2 Å². The number of carbonyl (C=O) groups is 1. The summed E-state index contributed by atoms with van der Waals surface area (Å²) >= 11 is 0. The molecule has 11 rings (SSSR count). The van der Waals surface area contributed by atoms with E-state index in [9.17, 15) is 30.3 Å². The van der Waals surface area contributed by atoms with E-state index in [1.807, 2.05) is 61.5 Å². The van der Waals surface area contributed by atoms with Gasteiger partial charge in [-0.15, -0.1) is 0 Å². The van der Waals surface area contributed by atoms with E-state index in [4.69, 9.17) is 24.7 Å². The lowest BCUT2D eigenvalue weighted by molar-refractivity contribution is -0.121. The number of ketones is 1. The number of nitrogens with one attached hydrogen (secondary N) is 3. The van der Waals surface area contributed by atoms with Crippen molar-refractivity contribution in [1.82, 2.24) is 10.6 Å². The minimum atomic E-state index is -1.93. The van der Waals surface area contributed by atoms with Crippen LogP contribution in [0.4, 0.5) is 5.69 Å². The van der Waals surface area contributed by atoms with E-state index < -0.39 is 30.3 Å². The molecule has 452 valence electrons. The molecular formula is C70H87N5O10. The van der Waals surface area contributed by atoms with Gasteiger partial charge in [0.05, 0.1) is 31.9 Å². The number of hydrogen-bond acceptors (Lipinski definition) is 13. The van der Waals surface area contributed by atoms with Gasteiger partial charge in [-0.3, -0.25) is 15.1 Å². The van der Waals surface area contributed by atoms with Crippen LogP contribution in [-0.4, -0.2) is 96.1 Å². The van der Waals surface area contributed by atoms with Crippen molar-refractivity contribution in [3.8, 4) is 29.3 Å². The maximum Gasteiger partial charge on any atom is 0.192 e. The Morgan fingerprint density at radius 3 is 2.52 bits per heavy atom. The van der Waals surface area contributed by atoms with E-state index >= 15 is 0 Å². The first-order chi connectivity index (χ1) is 41.1. The fraction of sp³-hybridized carbons (Fsp3) is 0.457. The number of carbonyl (C=O) groups excluding carboxylic acids is 1. The highest BCUT2D eigenvalue weighted by atomic mass is 16.5. The molecule has 10 bridgehead atoms. The standard InChI is InChI=1S/C70H87N5O10/c1-7-66(73-39-43(4)76)74-40-50-34-57(48-17-11-14-45(29-48)25-27-83-8-2)55-26-28-84-53(32-49-35-62(78)58(50)33-47(49)16-10-9-13-44-15-12-18-51(30-44)75-70(71)72-5)36-52(77)22-20-46-21-24-64(82-6)65(31-46)85-41-61-54-23-19-42(3)56-38-63(79)68(55)60(67(54)56)37-59(61)69(80)81/h11-12,14-15,17-19,21,23-24,29-31,33,35,37-38,42-43,47,49-50,53,55,57,66,69,73-74,76,78-81H,7-10,13,16,20,22,25,27,32,34,36,39-41H2,1-6H3,(H3,71,72,75). The average molecular weight is 1160 g/mol. The Labute approximate surface area is 501 Å². The van der Waals surface area contributed by atoms with E-state index in [-0.39, 0.29) is 72.1 Å². The fourth-order valence-electron chi connectivity index (χ4n) is 13.0. The van der Waals surface area contributed by atoms with Crippen molar-refractivity contribution in [3.63, 3.8) is 0 Å². The third kappa shape index (κ3) is 15.5. The summed E-state index contributed by atoms with van der Waals surface area (Å²) in [5.74, 6) is 2.99. The number of anilines is 1. The molecule has 15 nitrogen and oxygen atoms in total. The fourth-order valence-corrected chi connectivity index (χ4v) is 13.0. The van der Waals surface area contributed by atoms with Crippen LogP contribution in [0.5, 0.6) is 17.2 Å². The number of hydrogen-bond donors (Lipinski definition) is 9. The SMILES string of the molecule is CCOCCc1cccc(C2CC(CNC(CC)NCC(C)O)C3=CC(CCCCc4cccc(NC(N)=NC)c4)C(C=C3O)CC3CC(=O)CCc4ccc(OC)c(c4)OCc4c(C(O)O)cc5c(c(O)cc6c5c4C=CC6C)C2C#CO3)c1. The van der Waals surface area contributed by atoms with Crippen molar-refractivity contribution in [2.75, 3.05) is 45.8 Å². The first-order valence-electron chi connectivity index (χ1n) is 30.5. The number of phenols is 1. The smallest absolute Gasteiger partial charge is 0.192 e. The van der Waals surface area contributed by atoms with E-state index in [2.05, 4.69) is 89.3 Å². The lowest BCUT2D eigenvalue weighted by atomic mass is 9.70. The van der Waals surface area contributed by atoms with Crippen molar-refractivity contribution < 1.29 is 49.3 Å². The number of methoxy groups -OCH3 is 1. The molecule has 15 heteroatoms. The number of guanidine groups is 1. The molecule has 5 aromatic rings. The zero-order chi connectivity index (χ0) is 60.1. The summed E-state index contributed by atoms with van der Waals surface area (Å²) in [6, 6.07) is 25.9. The highest BCUT2D eigenvalue weighted by molar-refractivity contribution is 6.01. The summed E-state index contributed by atoms with van der Waals surface area (Å²) in [4.78, 5) is 18.5. The van der Waals surface area contributed by atoms with Gasteiger partial charge in [-0.05, 0) is 169 Å². The van der Waals surface area contributed by atoms with Gasteiger partial charge in [-0.25, -0.2) is 0 Å². The predicted molar refractivity (Wildman–Crippen MR) is 336 cm³/mol. The maximum absolute atomic E-state index is 14.5. The van der Waals surface area contributed by atoms with Gasteiger partial charge >= 0.3 is 0 Å². The van der Waals surface area contributed by atoms with E-state index in [1.54, 1.807) is 27.1 Å². The number of ether oxygens (including phenoxy) is 4. The van der Waals surface area contributed by atoms with Crippen LogP contribution in [0.25, 0.3) is 16.8 Å². The first-order valence-corrected chi connectivity index (χ1v) is 30.5. The summed E-state index contributed by atoms with van der Waals surface area (Å²) < 4.78 is 25.1.